The number of hydrogen-bond acceptors (Lipinski definition) is 4. The molecule has 1 rings (SSSR count). The number of ether oxygens (including phenoxy) is 2. The molecule has 1 aliphatic rings. The van der Waals surface area contributed by atoms with E-state index in [0.717, 1.165) is 32.5 Å². The maximum Gasteiger partial charge on any atom is 0.224 e. The third-order valence-corrected chi connectivity index (χ3v) is 3.06. The van der Waals surface area contributed by atoms with E-state index in [1.165, 1.54) is 0 Å². The third kappa shape index (κ3) is 3.73. The molecule has 1 aliphatic heterocycles. The van der Waals surface area contributed by atoms with Crippen LogP contribution < -0.4 is 5.32 Å². The largest absolute Gasteiger partial charge is 0.359 e. The molecule has 0 aliphatic carbocycles. The highest BCUT2D eigenvalue weighted by Crippen LogP contribution is 2.17. The Morgan fingerprint density at radius 1 is 1.50 bits per heavy atom. The van der Waals surface area contributed by atoms with E-state index >= 15 is 0 Å². The molecule has 1 amide bonds. The minimum absolute atomic E-state index is 0.105. The third-order valence-electron chi connectivity index (χ3n) is 3.06. The molecule has 0 bridgehead atoms. The smallest absolute Gasteiger partial charge is 0.224 e. The first kappa shape index (κ1) is 13.4. The highest BCUT2D eigenvalue weighted by molar-refractivity contribution is 5.78. The summed E-state index contributed by atoms with van der Waals surface area (Å²) in [5.41, 5.74) is 0. The number of rotatable bonds is 5. The summed E-state index contributed by atoms with van der Waals surface area (Å²) in [7, 11) is 4.96. The van der Waals surface area contributed by atoms with Crippen molar-refractivity contribution in [1.29, 1.82) is 0 Å². The lowest BCUT2D eigenvalue weighted by molar-refractivity contribution is -0.131. The molecule has 94 valence electrons. The van der Waals surface area contributed by atoms with E-state index in [9.17, 15) is 4.79 Å². The fourth-order valence-electron chi connectivity index (χ4n) is 2.10. The van der Waals surface area contributed by atoms with Crippen LogP contribution in [-0.4, -0.2) is 58.0 Å². The molecule has 0 aromatic heterocycles. The molecule has 0 spiro atoms. The number of nitrogens with one attached hydrogen (secondary N) is 1. The van der Waals surface area contributed by atoms with Crippen LogP contribution in [0.25, 0.3) is 0 Å². The number of carbonyl (C=O) groups excluding carboxylic acids is 1. The monoisotopic (exact) mass is 230 g/mol. The van der Waals surface area contributed by atoms with Crippen molar-refractivity contribution < 1.29 is 14.3 Å². The molecule has 5 nitrogen and oxygen atoms in total. The number of nitrogens with zero attached hydrogens (tertiary/aromatic N) is 1. The first-order valence-corrected chi connectivity index (χ1v) is 5.70. The number of methoxy groups -OCH3 is 2. The highest BCUT2D eigenvalue weighted by Gasteiger charge is 2.26. The highest BCUT2D eigenvalue weighted by atomic mass is 16.7. The summed E-state index contributed by atoms with van der Waals surface area (Å²) in [6.45, 7) is 2.53. The van der Waals surface area contributed by atoms with Gasteiger partial charge in [0.1, 0.15) is 0 Å². The molecule has 0 aromatic carbocycles. The Bertz CT molecular complexity index is 219. The summed E-state index contributed by atoms with van der Waals surface area (Å²) in [5.74, 6) is 0.240. The molecular weight excluding hydrogens is 208 g/mol. The molecule has 0 aromatic rings. The predicted molar refractivity (Wildman–Crippen MR) is 61.0 cm³/mol. The van der Waals surface area contributed by atoms with E-state index in [-0.39, 0.29) is 18.1 Å². The maximum absolute atomic E-state index is 11.5. The number of likely N-dealkylation sites (tertiary alicyclic amines) is 1. The van der Waals surface area contributed by atoms with Gasteiger partial charge < -0.3 is 14.8 Å². The average Bonchev–Trinajstić information content (AvgIpc) is 2.35. The van der Waals surface area contributed by atoms with Gasteiger partial charge in [0.25, 0.3) is 0 Å². The van der Waals surface area contributed by atoms with Crippen molar-refractivity contribution in [2.75, 3.05) is 40.9 Å². The van der Waals surface area contributed by atoms with Crippen LogP contribution in [0, 0.1) is 5.92 Å². The Morgan fingerprint density at radius 2 is 2.19 bits per heavy atom. The fourth-order valence-corrected chi connectivity index (χ4v) is 2.10. The molecule has 1 fully saturated rings. The standard InChI is InChI=1S/C11H22N2O3/c1-12-11(14)9-5-4-6-13(7-9)8-10(15-2)16-3/h9-10H,4-8H2,1-3H3,(H,12,14). The molecule has 1 N–H and O–H groups in total. The summed E-state index contributed by atoms with van der Waals surface area (Å²) in [4.78, 5) is 13.8. The molecule has 16 heavy (non-hydrogen) atoms. The van der Waals surface area contributed by atoms with E-state index in [1.54, 1.807) is 21.3 Å². The summed E-state index contributed by atoms with van der Waals surface area (Å²) < 4.78 is 10.3. The minimum atomic E-state index is -0.205. The number of amides is 1. The SMILES string of the molecule is CNC(=O)C1CCCN(CC(OC)OC)C1. The van der Waals surface area contributed by atoms with E-state index in [1.807, 2.05) is 0 Å². The van der Waals surface area contributed by atoms with Crippen molar-refractivity contribution in [2.45, 2.75) is 19.1 Å². The van der Waals surface area contributed by atoms with Crippen molar-refractivity contribution in [3.8, 4) is 0 Å². The number of carbonyl (C=O) groups is 1. The van der Waals surface area contributed by atoms with Gasteiger partial charge in [-0.25, -0.2) is 0 Å². The second-order valence-corrected chi connectivity index (χ2v) is 4.11. The van der Waals surface area contributed by atoms with Crippen LogP contribution in [0.4, 0.5) is 0 Å². The normalized spacial score (nSPS) is 22.4. The van der Waals surface area contributed by atoms with Gasteiger partial charge in [-0.2, -0.15) is 0 Å². The molecule has 0 radical (unpaired) electrons. The number of piperidine rings is 1. The van der Waals surface area contributed by atoms with Gasteiger partial charge in [0.15, 0.2) is 6.29 Å². The molecule has 0 saturated carbocycles. The lowest BCUT2D eigenvalue weighted by atomic mass is 9.97. The van der Waals surface area contributed by atoms with E-state index in [0.29, 0.717) is 0 Å². The van der Waals surface area contributed by atoms with Crippen LogP contribution in [0.1, 0.15) is 12.8 Å². The molecular formula is C11H22N2O3. The van der Waals surface area contributed by atoms with E-state index in [4.69, 9.17) is 9.47 Å². The Balaban J connectivity index is 2.41. The molecule has 5 heteroatoms. The second kappa shape index (κ2) is 6.83. The fraction of sp³-hybridized carbons (Fsp3) is 0.909. The van der Waals surface area contributed by atoms with Crippen LogP contribution >= 0.6 is 0 Å². The van der Waals surface area contributed by atoms with Crippen molar-refractivity contribution in [1.82, 2.24) is 10.2 Å². The van der Waals surface area contributed by atoms with Gasteiger partial charge in [0, 0.05) is 34.4 Å². The van der Waals surface area contributed by atoms with Gasteiger partial charge in [-0.15, -0.1) is 0 Å². The van der Waals surface area contributed by atoms with Crippen molar-refractivity contribution in [3.63, 3.8) is 0 Å². The average molecular weight is 230 g/mol. The van der Waals surface area contributed by atoms with Gasteiger partial charge in [0.2, 0.25) is 5.91 Å². The molecule has 1 saturated heterocycles. The van der Waals surface area contributed by atoms with E-state index < -0.39 is 0 Å². The predicted octanol–water partition coefficient (Wildman–Crippen LogP) is 0.0633. The maximum atomic E-state index is 11.5. The Hall–Kier alpha value is -0.650. The van der Waals surface area contributed by atoms with Crippen molar-refractivity contribution in [2.24, 2.45) is 5.92 Å². The van der Waals surface area contributed by atoms with Crippen LogP contribution in [0.2, 0.25) is 0 Å². The Morgan fingerprint density at radius 3 is 2.75 bits per heavy atom. The first-order chi connectivity index (χ1) is 7.71. The molecule has 1 unspecified atom stereocenters. The topological polar surface area (TPSA) is 50.8 Å². The quantitative estimate of drug-likeness (QED) is 0.679. The van der Waals surface area contributed by atoms with Crippen LogP contribution in [0.15, 0.2) is 0 Å². The summed E-state index contributed by atoms with van der Waals surface area (Å²) in [6, 6.07) is 0. The minimum Gasteiger partial charge on any atom is -0.359 e. The zero-order chi connectivity index (χ0) is 12.0. The summed E-state index contributed by atoms with van der Waals surface area (Å²) >= 11 is 0. The van der Waals surface area contributed by atoms with Crippen molar-refractivity contribution in [3.05, 3.63) is 0 Å². The Kier molecular flexibility index (Phi) is 5.73. The second-order valence-electron chi connectivity index (χ2n) is 4.11. The van der Waals surface area contributed by atoms with Crippen LogP contribution in [0.3, 0.4) is 0 Å². The summed E-state index contributed by atoms with van der Waals surface area (Å²) in [5, 5.41) is 2.71. The number of hydrogen-bond donors (Lipinski definition) is 1. The van der Waals surface area contributed by atoms with Gasteiger partial charge in [-0.05, 0) is 19.4 Å². The Labute approximate surface area is 97.1 Å². The van der Waals surface area contributed by atoms with Crippen LogP contribution in [-0.2, 0) is 14.3 Å². The van der Waals surface area contributed by atoms with Crippen molar-refractivity contribution >= 4 is 5.91 Å². The van der Waals surface area contributed by atoms with Gasteiger partial charge >= 0.3 is 0 Å². The van der Waals surface area contributed by atoms with Gasteiger partial charge in [0.05, 0.1) is 5.92 Å². The van der Waals surface area contributed by atoms with Crippen LogP contribution in [0.5, 0.6) is 0 Å². The zero-order valence-electron chi connectivity index (χ0n) is 10.4. The first-order valence-electron chi connectivity index (χ1n) is 5.70. The molecule has 1 atom stereocenters. The van der Waals surface area contributed by atoms with Gasteiger partial charge in [-0.3, -0.25) is 9.69 Å². The lowest BCUT2D eigenvalue weighted by Crippen LogP contribution is -2.45. The molecule has 1 heterocycles. The zero-order valence-corrected chi connectivity index (χ0v) is 10.4. The van der Waals surface area contributed by atoms with E-state index in [2.05, 4.69) is 10.2 Å². The summed E-state index contributed by atoms with van der Waals surface area (Å²) in [6.07, 6.45) is 1.82. The van der Waals surface area contributed by atoms with Gasteiger partial charge in [-0.1, -0.05) is 0 Å². The lowest BCUT2D eigenvalue weighted by Gasteiger charge is -2.33.